The Hall–Kier alpha value is -3.80. The van der Waals surface area contributed by atoms with Gasteiger partial charge in [-0.1, -0.05) is 42.5 Å². The van der Waals surface area contributed by atoms with E-state index in [0.29, 0.717) is 0 Å². The zero-order valence-corrected chi connectivity index (χ0v) is 18.4. The van der Waals surface area contributed by atoms with E-state index in [0.717, 1.165) is 48.3 Å². The van der Waals surface area contributed by atoms with Crippen LogP contribution in [0.3, 0.4) is 0 Å². The summed E-state index contributed by atoms with van der Waals surface area (Å²) in [7, 11) is 0. The Kier molecular flexibility index (Phi) is 6.93. The van der Waals surface area contributed by atoms with Gasteiger partial charge in [0, 0.05) is 24.3 Å². The minimum Gasteiger partial charge on any atom is -0.508 e. The molecule has 0 aromatic heterocycles. The molecule has 33 heavy (non-hydrogen) atoms. The summed E-state index contributed by atoms with van der Waals surface area (Å²) in [5, 5.41) is 22.5. The number of rotatable bonds is 7. The van der Waals surface area contributed by atoms with Crippen LogP contribution in [0.5, 0.6) is 5.75 Å². The lowest BCUT2D eigenvalue weighted by Crippen LogP contribution is -2.34. The molecule has 1 heterocycles. The van der Waals surface area contributed by atoms with Gasteiger partial charge in [0.25, 0.3) is 0 Å². The number of amides is 1. The number of nitrogens with one attached hydrogen (secondary N) is 1. The molecular weight excluding hydrogens is 416 g/mol. The van der Waals surface area contributed by atoms with Crippen molar-refractivity contribution in [2.45, 2.75) is 31.7 Å². The molecule has 4 rings (SSSR count). The minimum atomic E-state index is -0.996. The zero-order chi connectivity index (χ0) is 23.2. The van der Waals surface area contributed by atoms with Gasteiger partial charge in [0.2, 0.25) is 5.91 Å². The maximum absolute atomic E-state index is 13.1. The first-order chi connectivity index (χ1) is 16.0. The first-order valence-corrected chi connectivity index (χ1v) is 11.3. The number of phenolic OH excluding ortho intramolecular Hbond substituents is 1. The van der Waals surface area contributed by atoms with Crippen molar-refractivity contribution in [1.82, 2.24) is 5.32 Å². The van der Waals surface area contributed by atoms with Crippen LogP contribution in [0.4, 0.5) is 5.69 Å². The molecule has 0 bridgehead atoms. The molecule has 0 spiro atoms. The highest BCUT2D eigenvalue weighted by Gasteiger charge is 2.24. The third kappa shape index (κ3) is 5.52. The topological polar surface area (TPSA) is 89.9 Å². The summed E-state index contributed by atoms with van der Waals surface area (Å²) in [5.74, 6) is -1.02. The number of hydrogen-bond donors (Lipinski definition) is 3. The Bertz CT molecular complexity index is 1110. The Balaban J connectivity index is 1.63. The summed E-state index contributed by atoms with van der Waals surface area (Å²) in [4.78, 5) is 26.5. The third-order valence-corrected chi connectivity index (χ3v) is 6.02. The van der Waals surface area contributed by atoms with E-state index in [4.69, 9.17) is 5.11 Å². The van der Waals surface area contributed by atoms with Gasteiger partial charge in [-0.05, 0) is 60.7 Å². The molecule has 0 saturated carbocycles. The summed E-state index contributed by atoms with van der Waals surface area (Å²) >= 11 is 0. The maximum atomic E-state index is 13.1. The average molecular weight is 445 g/mol. The summed E-state index contributed by atoms with van der Waals surface area (Å²) < 4.78 is 0. The number of phenols is 1. The number of aromatic hydroxyl groups is 1. The van der Waals surface area contributed by atoms with Gasteiger partial charge in [-0.3, -0.25) is 4.79 Å². The van der Waals surface area contributed by atoms with E-state index in [9.17, 15) is 14.7 Å². The molecule has 1 amide bonds. The van der Waals surface area contributed by atoms with Crippen molar-refractivity contribution in [3.63, 3.8) is 0 Å². The van der Waals surface area contributed by atoms with E-state index in [1.807, 2.05) is 36.4 Å². The highest BCUT2D eigenvalue weighted by atomic mass is 16.4. The van der Waals surface area contributed by atoms with Crippen LogP contribution in [0.2, 0.25) is 0 Å². The van der Waals surface area contributed by atoms with E-state index < -0.39 is 12.0 Å². The maximum Gasteiger partial charge on any atom is 0.335 e. The number of hydrogen-bond acceptors (Lipinski definition) is 4. The molecular formula is C27H28N2O4. The molecule has 6 nitrogen and oxygen atoms in total. The van der Waals surface area contributed by atoms with Crippen LogP contribution in [0, 0.1) is 0 Å². The molecule has 170 valence electrons. The number of carbonyl (C=O) groups excluding carboxylic acids is 1. The first-order valence-electron chi connectivity index (χ1n) is 11.3. The van der Waals surface area contributed by atoms with Crippen LogP contribution in [0.1, 0.15) is 52.4 Å². The van der Waals surface area contributed by atoms with Gasteiger partial charge in [0.15, 0.2) is 0 Å². The smallest absolute Gasteiger partial charge is 0.335 e. The Morgan fingerprint density at radius 1 is 0.909 bits per heavy atom. The summed E-state index contributed by atoms with van der Waals surface area (Å²) in [6.07, 6.45) is 3.58. The van der Waals surface area contributed by atoms with Crippen LogP contribution < -0.4 is 10.2 Å². The van der Waals surface area contributed by atoms with Crippen molar-refractivity contribution in [3.8, 4) is 5.75 Å². The second-order valence-electron chi connectivity index (χ2n) is 8.38. The van der Waals surface area contributed by atoms with Crippen LogP contribution in [-0.4, -0.2) is 35.2 Å². The Morgan fingerprint density at radius 2 is 1.61 bits per heavy atom. The summed E-state index contributed by atoms with van der Waals surface area (Å²) in [5.41, 5.74) is 3.73. The van der Waals surface area contributed by atoms with E-state index in [1.165, 1.54) is 18.6 Å². The molecule has 1 atom stereocenters. The predicted molar refractivity (Wildman–Crippen MR) is 128 cm³/mol. The number of carboxylic acids is 1. The van der Waals surface area contributed by atoms with E-state index in [2.05, 4.69) is 10.2 Å². The molecule has 0 radical (unpaired) electrons. The molecule has 1 unspecified atom stereocenters. The van der Waals surface area contributed by atoms with Crippen molar-refractivity contribution >= 4 is 17.6 Å². The largest absolute Gasteiger partial charge is 0.508 e. The molecule has 3 aromatic carbocycles. The van der Waals surface area contributed by atoms with Crippen molar-refractivity contribution in [1.29, 1.82) is 0 Å². The van der Waals surface area contributed by atoms with Gasteiger partial charge < -0.3 is 20.4 Å². The van der Waals surface area contributed by atoms with Crippen molar-refractivity contribution in [2.75, 3.05) is 18.0 Å². The van der Waals surface area contributed by atoms with Gasteiger partial charge in [-0.25, -0.2) is 4.79 Å². The minimum absolute atomic E-state index is 0.126. The standard InChI is InChI=1S/C27H28N2O4/c30-22-13-14-24(29-15-5-2-6-16-29)23(18-22)26(20-7-3-1-4-8-20)28-25(31)17-19-9-11-21(12-10-19)27(32)33/h1,3-4,7-14,18,26,30H,2,5-6,15-17H2,(H,28,31)(H,32,33). The lowest BCUT2D eigenvalue weighted by Gasteiger charge is -2.33. The van der Waals surface area contributed by atoms with Crippen LogP contribution in [-0.2, 0) is 11.2 Å². The second-order valence-corrected chi connectivity index (χ2v) is 8.38. The van der Waals surface area contributed by atoms with E-state index in [-0.39, 0.29) is 23.6 Å². The molecule has 1 aliphatic rings. The number of benzene rings is 3. The fraction of sp³-hybridized carbons (Fsp3) is 0.259. The SMILES string of the molecule is O=C(Cc1ccc(C(=O)O)cc1)NC(c1ccccc1)c1cc(O)ccc1N1CCCCC1. The summed E-state index contributed by atoms with van der Waals surface area (Å²) in [6, 6.07) is 21.0. The third-order valence-electron chi connectivity index (χ3n) is 6.02. The van der Waals surface area contributed by atoms with Crippen molar-refractivity contribution in [2.24, 2.45) is 0 Å². The van der Waals surface area contributed by atoms with Crippen LogP contribution in [0.25, 0.3) is 0 Å². The highest BCUT2D eigenvalue weighted by Crippen LogP contribution is 2.35. The number of nitrogens with zero attached hydrogens (tertiary/aromatic N) is 1. The summed E-state index contributed by atoms with van der Waals surface area (Å²) in [6.45, 7) is 1.90. The lowest BCUT2D eigenvalue weighted by molar-refractivity contribution is -0.120. The number of carboxylic acid groups (broad SMARTS) is 1. The molecule has 3 aromatic rings. The van der Waals surface area contributed by atoms with Gasteiger partial charge in [-0.2, -0.15) is 0 Å². The molecule has 1 fully saturated rings. The van der Waals surface area contributed by atoms with E-state index in [1.54, 1.807) is 24.3 Å². The van der Waals surface area contributed by atoms with Gasteiger partial charge in [0.05, 0.1) is 18.0 Å². The normalized spacial score (nSPS) is 14.5. The molecule has 1 saturated heterocycles. The van der Waals surface area contributed by atoms with Gasteiger partial charge in [0.1, 0.15) is 5.75 Å². The highest BCUT2D eigenvalue weighted by molar-refractivity contribution is 5.88. The molecule has 0 aliphatic carbocycles. The number of piperidine rings is 1. The molecule has 1 aliphatic heterocycles. The zero-order valence-electron chi connectivity index (χ0n) is 18.4. The van der Waals surface area contributed by atoms with Crippen LogP contribution in [0.15, 0.2) is 72.8 Å². The number of anilines is 1. The quantitative estimate of drug-likeness (QED) is 0.498. The molecule has 3 N–H and O–H groups in total. The number of carbonyl (C=O) groups is 2. The average Bonchev–Trinajstić information content (AvgIpc) is 2.84. The Morgan fingerprint density at radius 3 is 2.27 bits per heavy atom. The Labute approximate surface area is 193 Å². The fourth-order valence-corrected chi connectivity index (χ4v) is 4.34. The van der Waals surface area contributed by atoms with Crippen LogP contribution >= 0.6 is 0 Å². The predicted octanol–water partition coefficient (Wildman–Crippen LogP) is 4.53. The van der Waals surface area contributed by atoms with Gasteiger partial charge in [-0.15, -0.1) is 0 Å². The molecule has 6 heteroatoms. The van der Waals surface area contributed by atoms with Crippen molar-refractivity contribution < 1.29 is 19.8 Å². The van der Waals surface area contributed by atoms with Gasteiger partial charge >= 0.3 is 5.97 Å². The lowest BCUT2D eigenvalue weighted by atomic mass is 9.95. The monoisotopic (exact) mass is 444 g/mol. The number of aromatic carboxylic acids is 1. The van der Waals surface area contributed by atoms with Crippen molar-refractivity contribution in [3.05, 3.63) is 95.1 Å². The second kappa shape index (κ2) is 10.2. The van der Waals surface area contributed by atoms with E-state index >= 15 is 0 Å². The first kappa shape index (κ1) is 22.4. The fourth-order valence-electron chi connectivity index (χ4n) is 4.34.